The third kappa shape index (κ3) is 3.89. The lowest BCUT2D eigenvalue weighted by Crippen LogP contribution is -2.33. The van der Waals surface area contributed by atoms with Gasteiger partial charge in [0.05, 0.1) is 6.04 Å². The Labute approximate surface area is 148 Å². The third-order valence-electron chi connectivity index (χ3n) is 4.48. The first kappa shape index (κ1) is 17.2. The monoisotopic (exact) mass is 333 g/mol. The number of ether oxygens (including phenoxy) is 1. The third-order valence-corrected chi connectivity index (χ3v) is 4.48. The highest BCUT2D eigenvalue weighted by molar-refractivity contribution is 5.84. The molecule has 3 aromatic rings. The van der Waals surface area contributed by atoms with Crippen molar-refractivity contribution in [2.24, 2.45) is 0 Å². The zero-order valence-corrected chi connectivity index (χ0v) is 14.6. The van der Waals surface area contributed by atoms with Gasteiger partial charge in [0.2, 0.25) is 0 Å². The van der Waals surface area contributed by atoms with Gasteiger partial charge < -0.3 is 10.1 Å². The van der Waals surface area contributed by atoms with Crippen LogP contribution < -0.4 is 5.32 Å². The van der Waals surface area contributed by atoms with Gasteiger partial charge in [0.25, 0.3) is 5.91 Å². The van der Waals surface area contributed by atoms with E-state index in [1.807, 2.05) is 42.5 Å². The summed E-state index contributed by atoms with van der Waals surface area (Å²) in [5.74, 6) is -0.117. The lowest BCUT2D eigenvalue weighted by atomic mass is 9.99. The second-order valence-electron chi connectivity index (χ2n) is 6.10. The Morgan fingerprint density at radius 3 is 2.28 bits per heavy atom. The first-order chi connectivity index (χ1) is 12.2. The maximum Gasteiger partial charge on any atom is 0.254 e. The molecule has 0 heterocycles. The number of benzene rings is 3. The topological polar surface area (TPSA) is 38.3 Å². The minimum Gasteiger partial charge on any atom is -0.367 e. The van der Waals surface area contributed by atoms with Gasteiger partial charge in [0, 0.05) is 7.11 Å². The second-order valence-corrected chi connectivity index (χ2v) is 6.10. The number of carbonyl (C=O) groups is 1. The number of amides is 1. The molecule has 0 fully saturated rings. The molecule has 3 aromatic carbocycles. The molecule has 3 rings (SSSR count). The normalized spacial score (nSPS) is 13.4. The molecule has 128 valence electrons. The molecular weight excluding hydrogens is 310 g/mol. The first-order valence-corrected chi connectivity index (χ1v) is 8.59. The maximum atomic E-state index is 12.7. The molecule has 1 amide bonds. The lowest BCUT2D eigenvalue weighted by Gasteiger charge is -2.22. The summed E-state index contributed by atoms with van der Waals surface area (Å²) >= 11 is 0. The van der Waals surface area contributed by atoms with Crippen LogP contribution in [0.2, 0.25) is 0 Å². The van der Waals surface area contributed by atoms with Gasteiger partial charge in [-0.3, -0.25) is 4.79 Å². The molecule has 25 heavy (non-hydrogen) atoms. The molecule has 0 aliphatic carbocycles. The molecule has 1 N–H and O–H groups in total. The summed E-state index contributed by atoms with van der Waals surface area (Å²) in [5, 5.41) is 5.51. The van der Waals surface area contributed by atoms with Gasteiger partial charge in [0.1, 0.15) is 0 Å². The van der Waals surface area contributed by atoms with Gasteiger partial charge >= 0.3 is 0 Å². The Balaban J connectivity index is 1.81. The molecule has 3 heteroatoms. The summed E-state index contributed by atoms with van der Waals surface area (Å²) in [6.07, 6.45) is 0.214. The minimum atomic E-state index is -0.601. The van der Waals surface area contributed by atoms with Crippen molar-refractivity contribution >= 4 is 16.7 Å². The molecule has 0 saturated heterocycles. The first-order valence-electron chi connectivity index (χ1n) is 8.59. The van der Waals surface area contributed by atoms with Gasteiger partial charge in [-0.2, -0.15) is 0 Å². The summed E-state index contributed by atoms with van der Waals surface area (Å²) < 4.78 is 5.44. The van der Waals surface area contributed by atoms with E-state index in [1.165, 1.54) is 10.8 Å². The molecule has 1 unspecified atom stereocenters. The molecular formula is C22H23NO2. The number of hydrogen-bond donors (Lipinski definition) is 1. The fourth-order valence-corrected chi connectivity index (χ4v) is 3.12. The SMILES string of the molecule is CC[C@@H](NC(=O)C(OC)c1ccccc1)c1ccc2ccccc2c1. The largest absolute Gasteiger partial charge is 0.367 e. The quantitative estimate of drug-likeness (QED) is 0.704. The highest BCUT2D eigenvalue weighted by atomic mass is 16.5. The number of methoxy groups -OCH3 is 1. The average molecular weight is 333 g/mol. The van der Waals surface area contributed by atoms with Gasteiger partial charge in [0.15, 0.2) is 6.10 Å². The van der Waals surface area contributed by atoms with E-state index in [4.69, 9.17) is 4.74 Å². The number of hydrogen-bond acceptors (Lipinski definition) is 2. The average Bonchev–Trinajstić information content (AvgIpc) is 2.67. The molecule has 0 radical (unpaired) electrons. The molecule has 0 saturated carbocycles. The fourth-order valence-electron chi connectivity index (χ4n) is 3.12. The van der Waals surface area contributed by atoms with Crippen molar-refractivity contribution in [2.75, 3.05) is 7.11 Å². The zero-order chi connectivity index (χ0) is 17.6. The number of rotatable bonds is 6. The number of nitrogens with one attached hydrogen (secondary N) is 1. The number of carbonyl (C=O) groups excluding carboxylic acids is 1. The van der Waals surface area contributed by atoms with E-state index in [0.29, 0.717) is 0 Å². The van der Waals surface area contributed by atoms with Crippen LogP contribution in [-0.2, 0) is 9.53 Å². The van der Waals surface area contributed by atoms with Crippen LogP contribution >= 0.6 is 0 Å². The predicted octanol–water partition coefficient (Wildman–Crippen LogP) is 4.79. The maximum absolute atomic E-state index is 12.7. The van der Waals surface area contributed by atoms with Gasteiger partial charge in [-0.1, -0.05) is 73.7 Å². The summed E-state index contributed by atoms with van der Waals surface area (Å²) in [5.41, 5.74) is 1.97. The van der Waals surface area contributed by atoms with Crippen molar-refractivity contribution < 1.29 is 9.53 Å². The van der Waals surface area contributed by atoms with E-state index in [2.05, 4.69) is 42.6 Å². The highest BCUT2D eigenvalue weighted by Crippen LogP contribution is 2.24. The van der Waals surface area contributed by atoms with E-state index in [0.717, 1.165) is 17.5 Å². The van der Waals surface area contributed by atoms with E-state index in [-0.39, 0.29) is 11.9 Å². The fraction of sp³-hybridized carbons (Fsp3) is 0.227. The van der Waals surface area contributed by atoms with Crippen molar-refractivity contribution in [3.63, 3.8) is 0 Å². The van der Waals surface area contributed by atoms with Crippen molar-refractivity contribution in [3.8, 4) is 0 Å². The van der Waals surface area contributed by atoms with E-state index < -0.39 is 6.10 Å². The van der Waals surface area contributed by atoms with Crippen LogP contribution in [0.25, 0.3) is 10.8 Å². The standard InChI is InChI=1S/C22H23NO2/c1-3-20(19-14-13-16-9-7-8-12-18(16)15-19)23-22(24)21(25-2)17-10-5-4-6-11-17/h4-15,20-21H,3H2,1-2H3,(H,23,24)/t20-,21?/m1/s1. The Hall–Kier alpha value is -2.65. The van der Waals surface area contributed by atoms with Gasteiger partial charge in [-0.15, -0.1) is 0 Å². The zero-order valence-electron chi connectivity index (χ0n) is 14.6. The van der Waals surface area contributed by atoms with Crippen molar-refractivity contribution in [1.29, 1.82) is 0 Å². The van der Waals surface area contributed by atoms with Crippen LogP contribution in [0.5, 0.6) is 0 Å². The Bertz CT molecular complexity index is 845. The van der Waals surface area contributed by atoms with E-state index in [9.17, 15) is 4.79 Å². The minimum absolute atomic E-state index is 0.0431. The van der Waals surface area contributed by atoms with Crippen molar-refractivity contribution in [1.82, 2.24) is 5.32 Å². The van der Waals surface area contributed by atoms with Crippen LogP contribution in [0.15, 0.2) is 72.8 Å². The van der Waals surface area contributed by atoms with Crippen LogP contribution in [-0.4, -0.2) is 13.0 Å². The highest BCUT2D eigenvalue weighted by Gasteiger charge is 2.22. The van der Waals surface area contributed by atoms with Crippen LogP contribution in [0.1, 0.15) is 36.6 Å². The molecule has 0 spiro atoms. The Morgan fingerprint density at radius 1 is 0.920 bits per heavy atom. The van der Waals surface area contributed by atoms with E-state index >= 15 is 0 Å². The van der Waals surface area contributed by atoms with Crippen LogP contribution in [0, 0.1) is 0 Å². The van der Waals surface area contributed by atoms with Gasteiger partial charge in [-0.25, -0.2) is 0 Å². The van der Waals surface area contributed by atoms with Crippen LogP contribution in [0.4, 0.5) is 0 Å². The Morgan fingerprint density at radius 2 is 1.60 bits per heavy atom. The second kappa shape index (κ2) is 7.95. The molecule has 2 atom stereocenters. The lowest BCUT2D eigenvalue weighted by molar-refractivity contribution is -0.132. The van der Waals surface area contributed by atoms with Crippen molar-refractivity contribution in [3.05, 3.63) is 83.9 Å². The molecule has 3 nitrogen and oxygen atoms in total. The molecule has 0 aliphatic rings. The molecule has 0 bridgehead atoms. The summed E-state index contributed by atoms with van der Waals surface area (Å²) in [4.78, 5) is 12.7. The van der Waals surface area contributed by atoms with Crippen LogP contribution in [0.3, 0.4) is 0 Å². The number of fused-ring (bicyclic) bond motifs is 1. The summed E-state index contributed by atoms with van der Waals surface area (Å²) in [7, 11) is 1.56. The summed E-state index contributed by atoms with van der Waals surface area (Å²) in [6.45, 7) is 2.07. The predicted molar refractivity (Wildman–Crippen MR) is 101 cm³/mol. The smallest absolute Gasteiger partial charge is 0.254 e. The molecule has 0 aliphatic heterocycles. The summed E-state index contributed by atoms with van der Waals surface area (Å²) in [6, 6.07) is 24.1. The van der Waals surface area contributed by atoms with Crippen molar-refractivity contribution in [2.45, 2.75) is 25.5 Å². The Kier molecular flexibility index (Phi) is 5.46. The van der Waals surface area contributed by atoms with Gasteiger partial charge in [-0.05, 0) is 34.4 Å². The van der Waals surface area contributed by atoms with E-state index in [1.54, 1.807) is 7.11 Å². The molecule has 0 aromatic heterocycles.